The van der Waals surface area contributed by atoms with Crippen LogP contribution in [0.15, 0.2) is 66.4 Å². The minimum absolute atomic E-state index is 0.0289. The number of ether oxygens (including phenoxy) is 1. The number of allylic oxidation sites excluding steroid dienone is 1. The average Bonchev–Trinajstić information content (AvgIpc) is 2.52. The number of non-ortho nitro benzene ring substituents is 1. The monoisotopic (exact) mass is 309 g/mol. The highest BCUT2D eigenvalue weighted by atomic mass is 16.6. The highest BCUT2D eigenvalue weighted by molar-refractivity contribution is 5.61. The van der Waals surface area contributed by atoms with E-state index in [0.717, 1.165) is 5.56 Å². The van der Waals surface area contributed by atoms with Crippen molar-refractivity contribution in [3.8, 4) is 5.75 Å². The highest BCUT2D eigenvalue weighted by Gasteiger charge is 2.09. The Labute approximate surface area is 135 Å². The third-order valence-corrected chi connectivity index (χ3v) is 2.94. The molecule has 2 rings (SSSR count). The van der Waals surface area contributed by atoms with E-state index in [4.69, 9.17) is 4.74 Å². The molecular weight excluding hydrogens is 290 g/mol. The second kappa shape index (κ2) is 6.95. The van der Waals surface area contributed by atoms with E-state index in [9.17, 15) is 10.1 Å². The van der Waals surface area contributed by atoms with Gasteiger partial charge in [0, 0.05) is 17.7 Å². The molecule has 0 unspecified atom stereocenters. The number of nitrogens with zero attached hydrogens (tertiary/aromatic N) is 1. The fourth-order valence-corrected chi connectivity index (χ4v) is 1.80. The molecule has 4 nitrogen and oxygen atoms in total. The summed E-state index contributed by atoms with van der Waals surface area (Å²) in [6, 6.07) is 15.7. The third kappa shape index (κ3) is 5.13. The SMILES string of the molecule is CC(C)(C)C=C=C(Oc1ccc([N+](=O)[O-])cc1)c1ccccc1. The Kier molecular flexibility index (Phi) is 4.99. The summed E-state index contributed by atoms with van der Waals surface area (Å²) in [6.45, 7) is 6.23. The standard InChI is InChI=1S/C19H19NO3/c1-19(2,3)14-13-18(15-7-5-4-6-8-15)23-17-11-9-16(10-12-17)20(21)22/h4-12,14H,1-3H3. The first-order valence-corrected chi connectivity index (χ1v) is 7.31. The van der Waals surface area contributed by atoms with Crippen molar-refractivity contribution in [1.29, 1.82) is 0 Å². The lowest BCUT2D eigenvalue weighted by molar-refractivity contribution is -0.384. The molecule has 0 bridgehead atoms. The summed E-state index contributed by atoms with van der Waals surface area (Å²) in [5, 5.41) is 10.7. The van der Waals surface area contributed by atoms with Crippen molar-refractivity contribution >= 4 is 11.4 Å². The molecule has 0 heterocycles. The van der Waals surface area contributed by atoms with E-state index >= 15 is 0 Å². The maximum Gasteiger partial charge on any atom is 0.269 e. The maximum absolute atomic E-state index is 10.7. The molecule has 2 aromatic carbocycles. The van der Waals surface area contributed by atoms with Crippen LogP contribution in [0.5, 0.6) is 5.75 Å². The molecule has 0 aliphatic rings. The van der Waals surface area contributed by atoms with Crippen molar-refractivity contribution in [3.05, 3.63) is 82.1 Å². The fraction of sp³-hybridized carbons (Fsp3) is 0.211. The molecule has 0 aliphatic carbocycles. The van der Waals surface area contributed by atoms with Gasteiger partial charge in [-0.2, -0.15) is 0 Å². The molecule has 0 aromatic heterocycles. The largest absolute Gasteiger partial charge is 0.448 e. The van der Waals surface area contributed by atoms with E-state index in [1.807, 2.05) is 36.4 Å². The van der Waals surface area contributed by atoms with Crippen LogP contribution in [0, 0.1) is 15.5 Å². The van der Waals surface area contributed by atoms with Crippen molar-refractivity contribution in [2.75, 3.05) is 0 Å². The molecule has 23 heavy (non-hydrogen) atoms. The van der Waals surface area contributed by atoms with Crippen LogP contribution in [0.4, 0.5) is 5.69 Å². The topological polar surface area (TPSA) is 52.4 Å². The number of benzene rings is 2. The fourth-order valence-electron chi connectivity index (χ4n) is 1.80. The molecule has 2 aromatic rings. The Morgan fingerprint density at radius 3 is 2.22 bits per heavy atom. The molecule has 0 fully saturated rings. The first kappa shape index (κ1) is 16.5. The minimum atomic E-state index is -0.433. The molecule has 0 N–H and O–H groups in total. The third-order valence-electron chi connectivity index (χ3n) is 2.94. The molecule has 0 saturated carbocycles. The summed E-state index contributed by atoms with van der Waals surface area (Å²) >= 11 is 0. The van der Waals surface area contributed by atoms with E-state index in [2.05, 4.69) is 26.5 Å². The molecule has 0 radical (unpaired) electrons. The van der Waals surface area contributed by atoms with Crippen LogP contribution in [-0.4, -0.2) is 4.92 Å². The number of nitro groups is 1. The average molecular weight is 309 g/mol. The molecule has 0 amide bonds. The summed E-state index contributed by atoms with van der Waals surface area (Å²) in [6.07, 6.45) is 1.95. The molecule has 0 atom stereocenters. The van der Waals surface area contributed by atoms with E-state index in [-0.39, 0.29) is 11.1 Å². The van der Waals surface area contributed by atoms with Gasteiger partial charge in [0.2, 0.25) is 0 Å². The van der Waals surface area contributed by atoms with Crippen molar-refractivity contribution in [1.82, 2.24) is 0 Å². The van der Waals surface area contributed by atoms with E-state index in [1.54, 1.807) is 12.1 Å². The Bertz CT molecular complexity index is 734. The Balaban J connectivity index is 2.35. The van der Waals surface area contributed by atoms with Gasteiger partial charge in [-0.25, -0.2) is 0 Å². The zero-order chi connectivity index (χ0) is 16.9. The van der Waals surface area contributed by atoms with Gasteiger partial charge in [-0.15, -0.1) is 0 Å². The van der Waals surface area contributed by atoms with Crippen LogP contribution in [0.25, 0.3) is 5.76 Å². The van der Waals surface area contributed by atoms with Crippen LogP contribution in [0.1, 0.15) is 26.3 Å². The van der Waals surface area contributed by atoms with Crippen LogP contribution < -0.4 is 4.74 Å². The lowest BCUT2D eigenvalue weighted by Gasteiger charge is -2.11. The van der Waals surface area contributed by atoms with E-state index < -0.39 is 4.92 Å². The highest BCUT2D eigenvalue weighted by Crippen LogP contribution is 2.24. The van der Waals surface area contributed by atoms with Crippen LogP contribution in [0.3, 0.4) is 0 Å². The summed E-state index contributed by atoms with van der Waals surface area (Å²) in [5.41, 5.74) is 4.10. The lowest BCUT2D eigenvalue weighted by Crippen LogP contribution is -1.99. The van der Waals surface area contributed by atoms with Crippen LogP contribution in [-0.2, 0) is 0 Å². The smallest absolute Gasteiger partial charge is 0.269 e. The van der Waals surface area contributed by atoms with E-state index in [0.29, 0.717) is 11.5 Å². The summed E-state index contributed by atoms with van der Waals surface area (Å²) in [4.78, 5) is 10.3. The van der Waals surface area contributed by atoms with Gasteiger partial charge >= 0.3 is 0 Å². The predicted molar refractivity (Wildman–Crippen MR) is 91.1 cm³/mol. The second-order valence-corrected chi connectivity index (χ2v) is 6.20. The molecular formula is C19H19NO3. The van der Waals surface area contributed by atoms with Gasteiger partial charge in [0.15, 0.2) is 5.76 Å². The van der Waals surface area contributed by atoms with Crippen molar-refractivity contribution in [2.45, 2.75) is 20.8 Å². The molecule has 118 valence electrons. The number of hydrogen-bond acceptors (Lipinski definition) is 3. The van der Waals surface area contributed by atoms with Gasteiger partial charge < -0.3 is 4.74 Å². The Morgan fingerprint density at radius 2 is 1.70 bits per heavy atom. The van der Waals surface area contributed by atoms with Gasteiger partial charge in [-0.3, -0.25) is 10.1 Å². The zero-order valence-corrected chi connectivity index (χ0v) is 13.4. The molecule has 0 spiro atoms. The quantitative estimate of drug-likeness (QED) is 0.337. The maximum atomic E-state index is 10.7. The number of rotatable bonds is 4. The van der Waals surface area contributed by atoms with Gasteiger partial charge in [0.25, 0.3) is 5.69 Å². The van der Waals surface area contributed by atoms with Gasteiger partial charge in [-0.1, -0.05) is 56.8 Å². The summed E-state index contributed by atoms with van der Waals surface area (Å²) in [7, 11) is 0. The molecule has 4 heteroatoms. The van der Waals surface area contributed by atoms with Gasteiger partial charge in [-0.05, 0) is 23.6 Å². The van der Waals surface area contributed by atoms with Crippen LogP contribution in [0.2, 0.25) is 0 Å². The number of hydrogen-bond donors (Lipinski definition) is 0. The normalized spacial score (nSPS) is 10.6. The summed E-state index contributed by atoms with van der Waals surface area (Å²) in [5.74, 6) is 1.11. The van der Waals surface area contributed by atoms with Crippen molar-refractivity contribution in [2.24, 2.45) is 5.41 Å². The summed E-state index contributed by atoms with van der Waals surface area (Å²) < 4.78 is 5.88. The first-order valence-electron chi connectivity index (χ1n) is 7.31. The van der Waals surface area contributed by atoms with Gasteiger partial charge in [0.1, 0.15) is 5.75 Å². The Morgan fingerprint density at radius 1 is 1.09 bits per heavy atom. The Hall–Kier alpha value is -2.84. The second-order valence-electron chi connectivity index (χ2n) is 6.20. The van der Waals surface area contributed by atoms with Crippen molar-refractivity contribution < 1.29 is 9.66 Å². The molecule has 0 aliphatic heterocycles. The molecule has 0 saturated heterocycles. The zero-order valence-electron chi connectivity index (χ0n) is 13.4. The lowest BCUT2D eigenvalue weighted by atomic mass is 9.97. The van der Waals surface area contributed by atoms with Gasteiger partial charge in [0.05, 0.1) is 4.92 Å². The number of nitro benzene ring substituents is 1. The first-order chi connectivity index (χ1) is 10.8. The van der Waals surface area contributed by atoms with Crippen LogP contribution >= 0.6 is 0 Å². The van der Waals surface area contributed by atoms with E-state index in [1.165, 1.54) is 12.1 Å². The minimum Gasteiger partial charge on any atom is -0.448 e. The van der Waals surface area contributed by atoms with Crippen molar-refractivity contribution in [3.63, 3.8) is 0 Å². The predicted octanol–water partition coefficient (Wildman–Crippen LogP) is 5.22.